The molecule has 0 aromatic heterocycles. The molecule has 0 aliphatic rings. The van der Waals surface area contributed by atoms with E-state index in [-0.39, 0.29) is 11.4 Å². The van der Waals surface area contributed by atoms with Crippen molar-refractivity contribution in [1.29, 1.82) is 0 Å². The zero-order valence-electron chi connectivity index (χ0n) is 7.60. The molecule has 0 bridgehead atoms. The lowest BCUT2D eigenvalue weighted by Gasteiger charge is -2.03. The average Bonchev–Trinajstić information content (AvgIpc) is 2.14. The molecule has 0 unspecified atom stereocenters. The van der Waals surface area contributed by atoms with Crippen LogP contribution < -0.4 is 0 Å². The monoisotopic (exact) mass is 211 g/mol. The second kappa shape index (κ2) is 4.17. The van der Waals surface area contributed by atoms with Crippen LogP contribution in [0.5, 0.6) is 0 Å². The van der Waals surface area contributed by atoms with Gasteiger partial charge >= 0.3 is 0 Å². The highest BCUT2D eigenvalue weighted by molar-refractivity contribution is 7.90. The van der Waals surface area contributed by atoms with Crippen molar-refractivity contribution in [2.24, 2.45) is 4.99 Å². The Morgan fingerprint density at radius 3 is 2.57 bits per heavy atom. The van der Waals surface area contributed by atoms with Crippen LogP contribution in [0.1, 0.15) is 5.56 Å². The summed E-state index contributed by atoms with van der Waals surface area (Å²) < 4.78 is 22.6. The summed E-state index contributed by atoms with van der Waals surface area (Å²) in [4.78, 5) is 13.5. The predicted octanol–water partition coefficient (Wildman–Crippen LogP) is 0.926. The lowest BCUT2D eigenvalue weighted by molar-refractivity contribution is 0.562. The van der Waals surface area contributed by atoms with Gasteiger partial charge < -0.3 is 0 Å². The molecular weight excluding hydrogens is 202 g/mol. The summed E-state index contributed by atoms with van der Waals surface area (Å²) in [5.74, 6) is 0. The number of benzene rings is 1. The Hall–Kier alpha value is -1.45. The zero-order chi connectivity index (χ0) is 10.6. The number of nitrogens with zero attached hydrogens (tertiary/aromatic N) is 1. The van der Waals surface area contributed by atoms with Gasteiger partial charge in [0.15, 0.2) is 9.84 Å². The summed E-state index contributed by atoms with van der Waals surface area (Å²) in [6.07, 6.45) is 2.50. The molecule has 0 atom stereocenters. The van der Waals surface area contributed by atoms with E-state index in [0.717, 1.165) is 6.26 Å². The van der Waals surface area contributed by atoms with Crippen LogP contribution in [-0.2, 0) is 21.2 Å². The van der Waals surface area contributed by atoms with Gasteiger partial charge in [-0.15, -0.1) is 0 Å². The van der Waals surface area contributed by atoms with E-state index >= 15 is 0 Å². The van der Waals surface area contributed by atoms with Crippen LogP contribution >= 0.6 is 0 Å². The van der Waals surface area contributed by atoms with Gasteiger partial charge in [0.05, 0.1) is 11.4 Å². The lowest BCUT2D eigenvalue weighted by Crippen LogP contribution is -2.01. The molecule has 0 saturated heterocycles. The molecule has 5 heteroatoms. The topological polar surface area (TPSA) is 63.6 Å². The second-order valence-corrected chi connectivity index (χ2v) is 4.77. The van der Waals surface area contributed by atoms with E-state index in [1.54, 1.807) is 18.2 Å². The molecule has 1 rings (SSSR count). The first-order valence-electron chi connectivity index (χ1n) is 3.87. The maximum atomic E-state index is 11.3. The van der Waals surface area contributed by atoms with Crippen LogP contribution in [0.15, 0.2) is 34.2 Å². The smallest absolute Gasteiger partial charge is 0.224 e. The van der Waals surface area contributed by atoms with Crippen molar-refractivity contribution in [3.05, 3.63) is 29.8 Å². The van der Waals surface area contributed by atoms with E-state index in [2.05, 4.69) is 4.99 Å². The Balaban J connectivity index is 3.23. The first kappa shape index (κ1) is 10.6. The van der Waals surface area contributed by atoms with Crippen LogP contribution in [0.2, 0.25) is 0 Å². The maximum Gasteiger partial charge on any atom is 0.235 e. The van der Waals surface area contributed by atoms with Gasteiger partial charge in [0.2, 0.25) is 6.08 Å². The average molecular weight is 211 g/mol. The molecule has 0 saturated carbocycles. The molecule has 0 aliphatic carbocycles. The molecule has 4 nitrogen and oxygen atoms in total. The Labute approximate surface area is 82.2 Å². The fourth-order valence-corrected chi connectivity index (χ4v) is 2.05. The molecule has 0 fully saturated rings. The fraction of sp³-hybridized carbons (Fsp3) is 0.222. The third-order valence-corrected chi connectivity index (χ3v) is 2.88. The molecule has 1 aromatic rings. The second-order valence-electron chi connectivity index (χ2n) is 2.79. The standard InChI is InChI=1S/C9H9NO3S/c1-14(12,13)9-5-3-2-4-8(9)6-10-7-11/h2-5H,6H2,1H3. The third kappa shape index (κ3) is 2.52. The fourth-order valence-electron chi connectivity index (χ4n) is 1.11. The molecule has 0 N–H and O–H groups in total. The lowest BCUT2D eigenvalue weighted by atomic mass is 10.2. The minimum absolute atomic E-state index is 0.0484. The van der Waals surface area contributed by atoms with Gasteiger partial charge in [0.25, 0.3) is 0 Å². The highest BCUT2D eigenvalue weighted by Crippen LogP contribution is 2.15. The molecule has 0 aliphatic heterocycles. The third-order valence-electron chi connectivity index (χ3n) is 1.69. The molecular formula is C9H9NO3S. The molecule has 0 amide bonds. The van der Waals surface area contributed by atoms with Crippen LogP contribution in [0.4, 0.5) is 0 Å². The number of sulfone groups is 1. The molecule has 74 valence electrons. The number of carbonyl (C=O) groups excluding carboxylic acids is 1. The van der Waals surface area contributed by atoms with Gasteiger partial charge in [-0.1, -0.05) is 18.2 Å². The molecule has 14 heavy (non-hydrogen) atoms. The van der Waals surface area contributed by atoms with Crippen molar-refractivity contribution in [2.75, 3.05) is 6.26 Å². The van der Waals surface area contributed by atoms with Crippen LogP contribution in [-0.4, -0.2) is 20.8 Å². The van der Waals surface area contributed by atoms with Crippen molar-refractivity contribution in [2.45, 2.75) is 11.4 Å². The minimum atomic E-state index is -3.25. The SMILES string of the molecule is CS(=O)(=O)c1ccccc1CN=C=O. The van der Waals surface area contributed by atoms with Crippen molar-refractivity contribution in [3.8, 4) is 0 Å². The van der Waals surface area contributed by atoms with Gasteiger partial charge in [0, 0.05) is 6.26 Å². The Morgan fingerprint density at radius 1 is 1.36 bits per heavy atom. The van der Waals surface area contributed by atoms with Gasteiger partial charge in [0.1, 0.15) is 0 Å². The van der Waals surface area contributed by atoms with Crippen LogP contribution in [0.3, 0.4) is 0 Å². The van der Waals surface area contributed by atoms with Crippen molar-refractivity contribution < 1.29 is 13.2 Å². The van der Waals surface area contributed by atoms with Gasteiger partial charge in [-0.2, -0.15) is 0 Å². The van der Waals surface area contributed by atoms with Crippen molar-refractivity contribution in [3.63, 3.8) is 0 Å². The van der Waals surface area contributed by atoms with Gasteiger partial charge in [-0.05, 0) is 11.6 Å². The van der Waals surface area contributed by atoms with Crippen LogP contribution in [0.25, 0.3) is 0 Å². The maximum absolute atomic E-state index is 11.3. The van der Waals surface area contributed by atoms with Crippen molar-refractivity contribution in [1.82, 2.24) is 0 Å². The number of isocyanates is 1. The number of hydrogen-bond donors (Lipinski definition) is 0. The minimum Gasteiger partial charge on any atom is -0.224 e. The van der Waals surface area contributed by atoms with E-state index in [0.29, 0.717) is 5.56 Å². The van der Waals surface area contributed by atoms with E-state index in [1.165, 1.54) is 12.1 Å². The van der Waals surface area contributed by atoms with E-state index in [4.69, 9.17) is 0 Å². The normalized spacial score (nSPS) is 10.6. The Kier molecular flexibility index (Phi) is 3.17. The largest absolute Gasteiger partial charge is 0.235 e. The molecule has 0 spiro atoms. The molecule has 0 radical (unpaired) electrons. The van der Waals surface area contributed by atoms with E-state index in [9.17, 15) is 13.2 Å². The molecule has 0 heterocycles. The number of hydrogen-bond acceptors (Lipinski definition) is 4. The Bertz CT molecular complexity index is 473. The first-order valence-corrected chi connectivity index (χ1v) is 5.76. The predicted molar refractivity (Wildman–Crippen MR) is 51.4 cm³/mol. The summed E-state index contributed by atoms with van der Waals surface area (Å²) in [5.41, 5.74) is 0.512. The summed E-state index contributed by atoms with van der Waals surface area (Å²) >= 11 is 0. The summed E-state index contributed by atoms with van der Waals surface area (Å²) in [7, 11) is -3.25. The number of aliphatic imine (C=N–C) groups is 1. The van der Waals surface area contributed by atoms with Gasteiger partial charge in [-0.3, -0.25) is 0 Å². The van der Waals surface area contributed by atoms with E-state index in [1.807, 2.05) is 0 Å². The highest BCUT2D eigenvalue weighted by atomic mass is 32.2. The number of rotatable bonds is 3. The van der Waals surface area contributed by atoms with Crippen LogP contribution in [0, 0.1) is 0 Å². The quantitative estimate of drug-likeness (QED) is 0.551. The molecule has 1 aromatic carbocycles. The first-order chi connectivity index (χ1) is 6.55. The summed E-state index contributed by atoms with van der Waals surface area (Å²) in [5, 5.41) is 0. The van der Waals surface area contributed by atoms with Gasteiger partial charge in [-0.25, -0.2) is 18.2 Å². The zero-order valence-corrected chi connectivity index (χ0v) is 8.41. The highest BCUT2D eigenvalue weighted by Gasteiger charge is 2.11. The van der Waals surface area contributed by atoms with E-state index < -0.39 is 9.84 Å². The Morgan fingerprint density at radius 2 is 2.00 bits per heavy atom. The summed E-state index contributed by atoms with van der Waals surface area (Å²) in [6, 6.07) is 6.44. The van der Waals surface area contributed by atoms with Crippen molar-refractivity contribution >= 4 is 15.9 Å². The summed E-state index contributed by atoms with van der Waals surface area (Å²) in [6.45, 7) is 0.0484.